The van der Waals surface area contributed by atoms with Crippen LogP contribution in [0, 0.1) is 12.7 Å². The SMILES string of the molecule is Cc1sc(Br)c(C(=O)NCC(=O)N2CCCC2)c1-c1cccc(F)c1. The fraction of sp³-hybridized carbons (Fsp3) is 0.333. The number of halogens is 2. The van der Waals surface area contributed by atoms with Gasteiger partial charge >= 0.3 is 0 Å². The lowest BCUT2D eigenvalue weighted by molar-refractivity contribution is -0.129. The molecule has 7 heteroatoms. The van der Waals surface area contributed by atoms with E-state index in [1.54, 1.807) is 17.0 Å². The monoisotopic (exact) mass is 424 g/mol. The molecule has 3 rings (SSSR count). The average Bonchev–Trinajstić information content (AvgIpc) is 3.20. The quantitative estimate of drug-likeness (QED) is 0.806. The standard InChI is InChI=1S/C18H18BrFN2O2S/c1-11-15(12-5-4-6-13(20)9-12)16(17(19)25-11)18(24)21-10-14(23)22-7-2-3-8-22/h4-6,9H,2-3,7-8,10H2,1H3,(H,21,24). The first-order chi connectivity index (χ1) is 12.0. The summed E-state index contributed by atoms with van der Waals surface area (Å²) in [6.07, 6.45) is 2.03. The molecule has 0 bridgehead atoms. The Morgan fingerprint density at radius 1 is 1.32 bits per heavy atom. The number of hydrogen-bond acceptors (Lipinski definition) is 3. The van der Waals surface area contributed by atoms with Gasteiger partial charge in [0.25, 0.3) is 5.91 Å². The van der Waals surface area contributed by atoms with Crippen molar-refractivity contribution in [2.24, 2.45) is 0 Å². The van der Waals surface area contributed by atoms with Crippen LogP contribution in [0.25, 0.3) is 11.1 Å². The molecule has 1 aliphatic heterocycles. The molecule has 132 valence electrons. The molecule has 1 saturated heterocycles. The molecule has 0 aliphatic carbocycles. The third-order valence-corrected chi connectivity index (χ3v) is 6.02. The van der Waals surface area contributed by atoms with Crippen LogP contribution in [-0.2, 0) is 4.79 Å². The van der Waals surface area contributed by atoms with E-state index in [1.807, 2.05) is 6.92 Å². The summed E-state index contributed by atoms with van der Waals surface area (Å²) in [5, 5.41) is 2.71. The molecular weight excluding hydrogens is 407 g/mol. The van der Waals surface area contributed by atoms with Gasteiger partial charge < -0.3 is 10.2 Å². The predicted octanol–water partition coefficient (Wildman–Crippen LogP) is 3.98. The zero-order valence-electron chi connectivity index (χ0n) is 13.8. The third-order valence-electron chi connectivity index (χ3n) is 4.24. The number of hydrogen-bond donors (Lipinski definition) is 1. The van der Waals surface area contributed by atoms with E-state index in [2.05, 4.69) is 21.2 Å². The van der Waals surface area contributed by atoms with Crippen molar-refractivity contribution in [3.8, 4) is 11.1 Å². The van der Waals surface area contributed by atoms with E-state index < -0.39 is 0 Å². The van der Waals surface area contributed by atoms with Gasteiger partial charge in [0.15, 0.2) is 0 Å². The van der Waals surface area contributed by atoms with Crippen molar-refractivity contribution in [2.45, 2.75) is 19.8 Å². The molecule has 1 aromatic carbocycles. The van der Waals surface area contributed by atoms with Crippen molar-refractivity contribution in [2.75, 3.05) is 19.6 Å². The summed E-state index contributed by atoms with van der Waals surface area (Å²) in [5.74, 6) is -0.751. The van der Waals surface area contributed by atoms with E-state index in [0.717, 1.165) is 30.8 Å². The summed E-state index contributed by atoms with van der Waals surface area (Å²) >= 11 is 4.85. The Morgan fingerprint density at radius 2 is 2.04 bits per heavy atom. The van der Waals surface area contributed by atoms with Gasteiger partial charge in [0.05, 0.1) is 15.9 Å². The highest BCUT2D eigenvalue weighted by Crippen LogP contribution is 2.39. The number of aryl methyl sites for hydroxylation is 1. The lowest BCUT2D eigenvalue weighted by Gasteiger charge is -2.15. The molecule has 1 fully saturated rings. The molecule has 2 heterocycles. The number of nitrogens with one attached hydrogen (secondary N) is 1. The highest BCUT2D eigenvalue weighted by Gasteiger charge is 2.24. The zero-order valence-corrected chi connectivity index (χ0v) is 16.2. The van der Waals surface area contributed by atoms with E-state index in [9.17, 15) is 14.0 Å². The van der Waals surface area contributed by atoms with Gasteiger partial charge in [-0.15, -0.1) is 11.3 Å². The van der Waals surface area contributed by atoms with Crippen molar-refractivity contribution in [3.05, 3.63) is 44.3 Å². The molecule has 0 spiro atoms. The highest BCUT2D eigenvalue weighted by atomic mass is 79.9. The Hall–Kier alpha value is -1.73. The molecule has 1 aromatic heterocycles. The first kappa shape index (κ1) is 18.1. The number of likely N-dealkylation sites (tertiary alicyclic amines) is 1. The van der Waals surface area contributed by atoms with E-state index in [0.29, 0.717) is 20.5 Å². The second-order valence-corrected chi connectivity index (χ2v) is 8.51. The summed E-state index contributed by atoms with van der Waals surface area (Å²) in [6.45, 7) is 3.37. The molecule has 0 unspecified atom stereocenters. The lowest BCUT2D eigenvalue weighted by atomic mass is 10.0. The minimum absolute atomic E-state index is 0.0250. The number of carbonyl (C=O) groups is 2. The maximum atomic E-state index is 13.6. The normalized spacial score (nSPS) is 14.0. The van der Waals surface area contributed by atoms with E-state index in [1.165, 1.54) is 23.5 Å². The molecule has 1 aliphatic rings. The number of carbonyl (C=O) groups excluding carboxylic acids is 2. The van der Waals surface area contributed by atoms with Crippen molar-refractivity contribution in [1.82, 2.24) is 10.2 Å². The predicted molar refractivity (Wildman–Crippen MR) is 100 cm³/mol. The van der Waals surface area contributed by atoms with Crippen LogP contribution in [0.2, 0.25) is 0 Å². The molecule has 0 saturated carbocycles. The Bertz CT molecular complexity index is 815. The van der Waals surface area contributed by atoms with Crippen LogP contribution in [0.15, 0.2) is 28.1 Å². The molecule has 0 radical (unpaired) electrons. The van der Waals surface area contributed by atoms with Crippen molar-refractivity contribution < 1.29 is 14.0 Å². The van der Waals surface area contributed by atoms with Gasteiger partial charge in [-0.3, -0.25) is 9.59 Å². The highest BCUT2D eigenvalue weighted by molar-refractivity contribution is 9.11. The summed E-state index contributed by atoms with van der Waals surface area (Å²) in [4.78, 5) is 27.5. The van der Waals surface area contributed by atoms with Crippen LogP contribution in [0.3, 0.4) is 0 Å². The number of thiophene rings is 1. The zero-order chi connectivity index (χ0) is 18.0. The largest absolute Gasteiger partial charge is 0.343 e. The second kappa shape index (κ2) is 7.66. The maximum absolute atomic E-state index is 13.6. The van der Waals surface area contributed by atoms with Crippen molar-refractivity contribution >= 4 is 39.1 Å². The molecule has 4 nitrogen and oxygen atoms in total. The number of benzene rings is 1. The number of rotatable bonds is 4. The number of amides is 2. The fourth-order valence-corrected chi connectivity index (χ4v) is 5.02. The van der Waals surface area contributed by atoms with Crippen LogP contribution in [0.5, 0.6) is 0 Å². The first-order valence-electron chi connectivity index (χ1n) is 8.08. The Kier molecular flexibility index (Phi) is 5.54. The molecule has 1 N–H and O–H groups in total. The van der Waals surface area contributed by atoms with Gasteiger partial charge in [-0.05, 0) is 53.4 Å². The van der Waals surface area contributed by atoms with Gasteiger partial charge in [0.1, 0.15) is 5.82 Å². The Labute approximate surface area is 158 Å². The van der Waals surface area contributed by atoms with Crippen molar-refractivity contribution in [1.29, 1.82) is 0 Å². The van der Waals surface area contributed by atoms with Crippen LogP contribution >= 0.6 is 27.3 Å². The molecule has 2 aromatic rings. The van der Waals surface area contributed by atoms with Crippen LogP contribution in [0.4, 0.5) is 4.39 Å². The second-order valence-electron chi connectivity index (χ2n) is 5.96. The van der Waals surface area contributed by atoms with Gasteiger partial charge in [-0.25, -0.2) is 4.39 Å². The van der Waals surface area contributed by atoms with Gasteiger partial charge in [-0.2, -0.15) is 0 Å². The van der Waals surface area contributed by atoms with Gasteiger partial charge in [0, 0.05) is 23.5 Å². The lowest BCUT2D eigenvalue weighted by Crippen LogP contribution is -2.38. The average molecular weight is 425 g/mol. The smallest absolute Gasteiger partial charge is 0.254 e. The fourth-order valence-electron chi connectivity index (χ4n) is 3.03. The van der Waals surface area contributed by atoms with Gasteiger partial charge in [-0.1, -0.05) is 12.1 Å². The molecule has 25 heavy (non-hydrogen) atoms. The molecule has 0 atom stereocenters. The maximum Gasteiger partial charge on any atom is 0.254 e. The first-order valence-corrected chi connectivity index (χ1v) is 9.69. The van der Waals surface area contributed by atoms with E-state index >= 15 is 0 Å². The topological polar surface area (TPSA) is 49.4 Å². The van der Waals surface area contributed by atoms with E-state index in [-0.39, 0.29) is 24.2 Å². The molecule has 2 amide bonds. The summed E-state index contributed by atoms with van der Waals surface area (Å²) < 4.78 is 14.3. The third kappa shape index (κ3) is 3.93. The minimum Gasteiger partial charge on any atom is -0.343 e. The van der Waals surface area contributed by atoms with E-state index in [4.69, 9.17) is 0 Å². The number of nitrogens with zero attached hydrogens (tertiary/aromatic N) is 1. The minimum atomic E-state index is -0.352. The van der Waals surface area contributed by atoms with Crippen LogP contribution in [-0.4, -0.2) is 36.3 Å². The van der Waals surface area contributed by atoms with Gasteiger partial charge in [0.2, 0.25) is 5.91 Å². The summed E-state index contributed by atoms with van der Waals surface area (Å²) in [6, 6.07) is 6.17. The Morgan fingerprint density at radius 3 is 2.72 bits per heavy atom. The summed E-state index contributed by atoms with van der Waals surface area (Å²) in [5.41, 5.74) is 1.79. The van der Waals surface area contributed by atoms with Crippen LogP contribution < -0.4 is 5.32 Å². The Balaban J connectivity index is 1.81. The molecular formula is C18H18BrFN2O2S. The van der Waals surface area contributed by atoms with Crippen LogP contribution in [0.1, 0.15) is 28.1 Å². The van der Waals surface area contributed by atoms with Crippen molar-refractivity contribution in [3.63, 3.8) is 0 Å². The summed E-state index contributed by atoms with van der Waals surface area (Å²) in [7, 11) is 0.